The first-order valence-electron chi connectivity index (χ1n) is 7.07. The van der Waals surface area contributed by atoms with E-state index in [9.17, 15) is 18.0 Å². The van der Waals surface area contributed by atoms with Gasteiger partial charge in [0.05, 0.1) is 5.56 Å². The van der Waals surface area contributed by atoms with Crippen molar-refractivity contribution in [3.05, 3.63) is 47.3 Å². The number of hydrogen-bond donors (Lipinski definition) is 1. The Bertz CT molecular complexity index is 893. The van der Waals surface area contributed by atoms with Crippen molar-refractivity contribution in [2.75, 3.05) is 5.32 Å². The molecule has 0 spiro atoms. The first kappa shape index (κ1) is 16.7. The van der Waals surface area contributed by atoms with Gasteiger partial charge in [-0.3, -0.25) is 14.8 Å². The van der Waals surface area contributed by atoms with Crippen molar-refractivity contribution >= 4 is 11.9 Å². The molecule has 2 aromatic heterocycles. The summed E-state index contributed by atoms with van der Waals surface area (Å²) in [6.07, 6.45) is -4.42. The summed E-state index contributed by atoms with van der Waals surface area (Å²) >= 11 is 0. The largest absolute Gasteiger partial charge is 0.416 e. The second-order valence-electron chi connectivity index (χ2n) is 5.24. The lowest BCUT2D eigenvalue weighted by Crippen LogP contribution is -2.13. The molecule has 3 rings (SSSR count). The molecule has 0 aliphatic rings. The van der Waals surface area contributed by atoms with Crippen molar-refractivity contribution in [3.8, 4) is 11.5 Å². The summed E-state index contributed by atoms with van der Waals surface area (Å²) < 4.78 is 44.5. The third-order valence-corrected chi connectivity index (χ3v) is 3.45. The van der Waals surface area contributed by atoms with Gasteiger partial charge in [0.2, 0.25) is 5.89 Å². The van der Waals surface area contributed by atoms with Gasteiger partial charge in [-0.05, 0) is 37.3 Å². The quantitative estimate of drug-likeness (QED) is 0.784. The highest BCUT2D eigenvalue weighted by atomic mass is 19.4. The summed E-state index contributed by atoms with van der Waals surface area (Å²) in [6, 6.07) is 5.66. The molecule has 2 heterocycles. The van der Waals surface area contributed by atoms with Crippen LogP contribution in [0.3, 0.4) is 0 Å². The predicted molar refractivity (Wildman–Crippen MR) is 80.6 cm³/mol. The second-order valence-corrected chi connectivity index (χ2v) is 5.24. The van der Waals surface area contributed by atoms with Crippen LogP contribution < -0.4 is 5.32 Å². The van der Waals surface area contributed by atoms with E-state index < -0.39 is 17.6 Å². The number of hydrogen-bond acceptors (Lipinski definition) is 5. The molecular formula is C15H12F3N5O2. The number of halogens is 3. The summed E-state index contributed by atoms with van der Waals surface area (Å²) in [7, 11) is 1.70. The summed E-state index contributed by atoms with van der Waals surface area (Å²) in [5, 5.41) is 13.8. The SMILES string of the molecule is Cc1cc(C(=O)Nc2nnc(-c3ccc(C(F)(F)F)cc3)o2)nn1C. The summed E-state index contributed by atoms with van der Waals surface area (Å²) in [5.74, 6) is -0.549. The molecule has 0 saturated carbocycles. The van der Waals surface area contributed by atoms with Crippen LogP contribution in [-0.4, -0.2) is 25.9 Å². The van der Waals surface area contributed by atoms with Crippen molar-refractivity contribution in [2.24, 2.45) is 7.05 Å². The van der Waals surface area contributed by atoms with Gasteiger partial charge in [0.1, 0.15) is 0 Å². The number of aromatic nitrogens is 4. The van der Waals surface area contributed by atoms with Crippen LogP contribution in [-0.2, 0) is 13.2 Å². The van der Waals surface area contributed by atoms with Crippen LogP contribution in [0, 0.1) is 6.92 Å². The molecule has 1 aromatic carbocycles. The van der Waals surface area contributed by atoms with Crippen molar-refractivity contribution in [2.45, 2.75) is 13.1 Å². The first-order chi connectivity index (χ1) is 11.7. The standard InChI is InChI=1S/C15H12F3N5O2/c1-8-7-11(22-23(8)2)12(24)19-14-21-20-13(25-14)9-3-5-10(6-4-9)15(16,17)18/h3-7H,1-2H3,(H,19,21,24). The Morgan fingerprint density at radius 2 is 1.88 bits per heavy atom. The Balaban J connectivity index is 1.75. The zero-order valence-electron chi connectivity index (χ0n) is 13.1. The highest BCUT2D eigenvalue weighted by molar-refractivity contribution is 6.01. The maximum absolute atomic E-state index is 12.6. The molecular weight excluding hydrogens is 339 g/mol. The van der Waals surface area contributed by atoms with Gasteiger partial charge in [0, 0.05) is 18.3 Å². The van der Waals surface area contributed by atoms with Crippen molar-refractivity contribution in [1.82, 2.24) is 20.0 Å². The van der Waals surface area contributed by atoms with E-state index in [2.05, 4.69) is 20.6 Å². The van der Waals surface area contributed by atoms with Crippen molar-refractivity contribution in [1.29, 1.82) is 0 Å². The van der Waals surface area contributed by atoms with Crippen LogP contribution in [0.1, 0.15) is 21.7 Å². The molecule has 0 unspecified atom stereocenters. The number of nitrogens with one attached hydrogen (secondary N) is 1. The molecule has 1 amide bonds. The van der Waals surface area contributed by atoms with Gasteiger partial charge < -0.3 is 4.42 Å². The van der Waals surface area contributed by atoms with Gasteiger partial charge in [0.15, 0.2) is 5.69 Å². The minimum atomic E-state index is -4.42. The summed E-state index contributed by atoms with van der Waals surface area (Å²) in [5.41, 5.74) is 0.486. The fraction of sp³-hybridized carbons (Fsp3) is 0.200. The fourth-order valence-electron chi connectivity index (χ4n) is 2.02. The maximum atomic E-state index is 12.6. The third kappa shape index (κ3) is 3.52. The zero-order chi connectivity index (χ0) is 18.2. The predicted octanol–water partition coefficient (Wildman–Crippen LogP) is 3.05. The number of nitrogens with zero attached hydrogens (tertiary/aromatic N) is 4. The average Bonchev–Trinajstić information content (AvgIpc) is 3.14. The van der Waals surface area contributed by atoms with Gasteiger partial charge in [-0.2, -0.15) is 18.3 Å². The van der Waals surface area contributed by atoms with E-state index in [0.29, 0.717) is 5.56 Å². The Labute approximate surface area is 139 Å². The van der Waals surface area contributed by atoms with Crippen LogP contribution >= 0.6 is 0 Å². The minimum absolute atomic E-state index is 0.0128. The van der Waals surface area contributed by atoms with E-state index in [1.807, 2.05) is 0 Å². The van der Waals surface area contributed by atoms with Crippen LogP contribution in [0.25, 0.3) is 11.5 Å². The normalized spacial score (nSPS) is 11.6. The first-order valence-corrected chi connectivity index (χ1v) is 7.07. The minimum Gasteiger partial charge on any atom is -0.403 e. The Morgan fingerprint density at radius 3 is 2.44 bits per heavy atom. The highest BCUT2D eigenvalue weighted by Gasteiger charge is 2.30. The van der Waals surface area contributed by atoms with Crippen LogP contribution in [0.5, 0.6) is 0 Å². The lowest BCUT2D eigenvalue weighted by Gasteiger charge is -2.05. The zero-order valence-corrected chi connectivity index (χ0v) is 13.1. The molecule has 0 fully saturated rings. The molecule has 0 atom stereocenters. The average molecular weight is 351 g/mol. The topological polar surface area (TPSA) is 85.8 Å². The molecule has 3 aromatic rings. The molecule has 0 bridgehead atoms. The van der Waals surface area contributed by atoms with Gasteiger partial charge in [-0.1, -0.05) is 5.10 Å². The second kappa shape index (κ2) is 6.04. The maximum Gasteiger partial charge on any atom is 0.416 e. The van der Waals surface area contributed by atoms with Crippen molar-refractivity contribution < 1.29 is 22.4 Å². The monoisotopic (exact) mass is 351 g/mol. The van der Waals surface area contributed by atoms with E-state index in [0.717, 1.165) is 17.8 Å². The van der Waals surface area contributed by atoms with Crippen LogP contribution in [0.4, 0.5) is 19.2 Å². The van der Waals surface area contributed by atoms with E-state index in [1.165, 1.54) is 16.8 Å². The number of carbonyl (C=O) groups excluding carboxylic acids is 1. The van der Waals surface area contributed by atoms with Crippen LogP contribution in [0.15, 0.2) is 34.7 Å². The number of benzene rings is 1. The summed E-state index contributed by atoms with van der Waals surface area (Å²) in [4.78, 5) is 12.0. The van der Waals surface area contributed by atoms with Gasteiger partial charge in [-0.25, -0.2) is 0 Å². The van der Waals surface area contributed by atoms with E-state index in [4.69, 9.17) is 4.42 Å². The van der Waals surface area contributed by atoms with Crippen LogP contribution in [0.2, 0.25) is 0 Å². The fourth-order valence-corrected chi connectivity index (χ4v) is 2.02. The summed E-state index contributed by atoms with van der Waals surface area (Å²) in [6.45, 7) is 1.79. The number of aryl methyl sites for hydroxylation is 2. The number of anilines is 1. The van der Waals surface area contributed by atoms with E-state index >= 15 is 0 Å². The van der Waals surface area contributed by atoms with Gasteiger partial charge >= 0.3 is 12.2 Å². The molecule has 0 saturated heterocycles. The van der Waals surface area contributed by atoms with E-state index in [1.54, 1.807) is 20.0 Å². The number of amides is 1. The number of rotatable bonds is 3. The number of alkyl halides is 3. The molecule has 7 nitrogen and oxygen atoms in total. The highest BCUT2D eigenvalue weighted by Crippen LogP contribution is 2.30. The molecule has 130 valence electrons. The molecule has 0 radical (unpaired) electrons. The third-order valence-electron chi connectivity index (χ3n) is 3.45. The lowest BCUT2D eigenvalue weighted by molar-refractivity contribution is -0.137. The Hall–Kier alpha value is -3.17. The number of carbonyl (C=O) groups is 1. The Morgan fingerprint density at radius 1 is 1.20 bits per heavy atom. The smallest absolute Gasteiger partial charge is 0.403 e. The van der Waals surface area contributed by atoms with Gasteiger partial charge in [-0.15, -0.1) is 5.10 Å². The molecule has 1 N–H and O–H groups in total. The van der Waals surface area contributed by atoms with E-state index in [-0.39, 0.29) is 17.6 Å². The lowest BCUT2D eigenvalue weighted by atomic mass is 10.1. The molecule has 25 heavy (non-hydrogen) atoms. The van der Waals surface area contributed by atoms with Gasteiger partial charge in [0.25, 0.3) is 5.91 Å². The molecule has 10 heteroatoms. The molecule has 0 aliphatic heterocycles. The van der Waals surface area contributed by atoms with Crippen molar-refractivity contribution in [3.63, 3.8) is 0 Å². The molecule has 0 aliphatic carbocycles. The Kier molecular flexibility index (Phi) is 4.03.